The minimum atomic E-state index is -0.584. The van der Waals surface area contributed by atoms with Crippen molar-refractivity contribution in [3.8, 4) is 0 Å². The summed E-state index contributed by atoms with van der Waals surface area (Å²) in [7, 11) is 0. The number of nitrogens with one attached hydrogen (secondary N) is 2. The molecule has 0 bridgehead atoms. The van der Waals surface area contributed by atoms with Crippen LogP contribution in [0.5, 0.6) is 0 Å². The maximum Gasteiger partial charge on any atom is 0.255 e. The molecule has 3 amide bonds. The first-order chi connectivity index (χ1) is 15.6. The lowest BCUT2D eigenvalue weighted by Gasteiger charge is -2.29. The smallest absolute Gasteiger partial charge is 0.255 e. The Labute approximate surface area is 195 Å². The Morgan fingerprint density at radius 3 is 2.84 bits per heavy atom. The highest BCUT2D eigenvalue weighted by atomic mass is 32.2. The first-order valence-electron chi connectivity index (χ1n) is 11.1. The minimum absolute atomic E-state index is 0.133. The monoisotopic (exact) mass is 470 g/mol. The van der Waals surface area contributed by atoms with E-state index in [9.17, 15) is 14.4 Å². The normalized spacial score (nSPS) is 21.3. The van der Waals surface area contributed by atoms with Crippen molar-refractivity contribution in [2.24, 2.45) is 0 Å². The topological polar surface area (TPSA) is 91.4 Å². The maximum atomic E-state index is 13.0. The Balaban J connectivity index is 1.22. The predicted octanol–water partition coefficient (Wildman–Crippen LogP) is 3.23. The van der Waals surface area contributed by atoms with E-state index < -0.39 is 6.04 Å². The molecule has 7 nitrogen and oxygen atoms in total. The van der Waals surface area contributed by atoms with Gasteiger partial charge < -0.3 is 10.2 Å². The van der Waals surface area contributed by atoms with Crippen molar-refractivity contribution >= 4 is 40.8 Å². The molecule has 3 aliphatic rings. The number of imide groups is 1. The predicted molar refractivity (Wildman–Crippen MR) is 123 cm³/mol. The van der Waals surface area contributed by atoms with Crippen molar-refractivity contribution in [2.75, 3.05) is 0 Å². The van der Waals surface area contributed by atoms with E-state index in [0.29, 0.717) is 24.6 Å². The summed E-state index contributed by atoms with van der Waals surface area (Å²) in [4.78, 5) is 44.1. The Hall–Kier alpha value is -2.23. The highest BCUT2D eigenvalue weighted by molar-refractivity contribution is 7.98. The Kier molecular flexibility index (Phi) is 6.30. The van der Waals surface area contributed by atoms with Crippen molar-refractivity contribution in [1.82, 2.24) is 20.5 Å². The number of carbonyl (C=O) groups excluding carboxylic acids is 3. The third kappa shape index (κ3) is 4.46. The second-order valence-electron chi connectivity index (χ2n) is 8.57. The number of thiazole rings is 1. The van der Waals surface area contributed by atoms with Crippen LogP contribution in [0.1, 0.15) is 65.1 Å². The summed E-state index contributed by atoms with van der Waals surface area (Å²) >= 11 is 3.37. The molecule has 0 spiro atoms. The van der Waals surface area contributed by atoms with Crippen LogP contribution in [0.2, 0.25) is 0 Å². The van der Waals surface area contributed by atoms with Gasteiger partial charge in [0, 0.05) is 47.1 Å². The van der Waals surface area contributed by atoms with Gasteiger partial charge in [0.25, 0.3) is 5.91 Å². The summed E-state index contributed by atoms with van der Waals surface area (Å²) in [5.74, 6) is -0.0420. The summed E-state index contributed by atoms with van der Waals surface area (Å²) in [5, 5.41) is 9.20. The minimum Gasteiger partial charge on any atom is -0.322 e. The Morgan fingerprint density at radius 1 is 1.19 bits per heavy atom. The van der Waals surface area contributed by atoms with Crippen molar-refractivity contribution in [3.05, 3.63) is 45.4 Å². The lowest BCUT2D eigenvalue weighted by molar-refractivity contribution is -0.136. The van der Waals surface area contributed by atoms with Crippen LogP contribution in [0.25, 0.3) is 0 Å². The fraction of sp³-hybridized carbons (Fsp3) is 0.478. The van der Waals surface area contributed by atoms with E-state index in [1.165, 1.54) is 25.7 Å². The number of aromatic nitrogens is 1. The number of rotatable bonds is 7. The molecule has 0 radical (unpaired) electrons. The summed E-state index contributed by atoms with van der Waals surface area (Å²) in [5.41, 5.74) is 2.66. The number of fused-ring (bicyclic) bond motifs is 1. The third-order valence-corrected chi connectivity index (χ3v) is 8.44. The number of hydrogen-bond donors (Lipinski definition) is 2. The molecular formula is C23H26N4O3S2. The number of nitrogens with zero attached hydrogens (tertiary/aromatic N) is 2. The van der Waals surface area contributed by atoms with E-state index in [1.54, 1.807) is 28.0 Å². The SMILES string of the molecule is O=C1CCC(N2Cc3c(SCc4csc(CNC5CCCC5)n4)cccc3C2=O)C(=O)N1. The Bertz CT molecular complexity index is 1050. The zero-order chi connectivity index (χ0) is 22.1. The number of hydrogen-bond acceptors (Lipinski definition) is 7. The molecule has 2 fully saturated rings. The van der Waals surface area contributed by atoms with Crippen LogP contribution in [-0.4, -0.2) is 39.7 Å². The van der Waals surface area contributed by atoms with E-state index in [0.717, 1.165) is 33.5 Å². The summed E-state index contributed by atoms with van der Waals surface area (Å²) in [6.45, 7) is 1.23. The van der Waals surface area contributed by atoms with Crippen molar-refractivity contribution in [1.29, 1.82) is 0 Å². The van der Waals surface area contributed by atoms with Gasteiger partial charge in [-0.15, -0.1) is 23.1 Å². The van der Waals surface area contributed by atoms with Crippen LogP contribution in [0, 0.1) is 0 Å². The lowest BCUT2D eigenvalue weighted by Crippen LogP contribution is -2.52. The molecular weight excluding hydrogens is 444 g/mol. The molecule has 5 rings (SSSR count). The molecule has 9 heteroatoms. The van der Waals surface area contributed by atoms with Crippen molar-refractivity contribution in [3.63, 3.8) is 0 Å². The second kappa shape index (κ2) is 9.33. The van der Waals surface area contributed by atoms with Crippen LogP contribution in [0.4, 0.5) is 0 Å². The highest BCUT2D eigenvalue weighted by Crippen LogP contribution is 2.35. The zero-order valence-corrected chi connectivity index (χ0v) is 19.4. The first-order valence-corrected chi connectivity index (χ1v) is 13.0. The number of piperidine rings is 1. The molecule has 1 aromatic carbocycles. The standard InChI is InChI=1S/C23H26N4O3S2/c28-20-9-8-18(22(29)26-20)27-11-17-16(23(27)30)6-3-7-19(17)31-12-15-13-32-21(25-15)10-24-14-4-1-2-5-14/h3,6-7,13-14,18,24H,1-2,4-5,8-12H2,(H,26,28,29). The summed E-state index contributed by atoms with van der Waals surface area (Å²) in [6.07, 6.45) is 5.82. The van der Waals surface area contributed by atoms with Crippen LogP contribution < -0.4 is 10.6 Å². The van der Waals surface area contributed by atoms with Gasteiger partial charge in [-0.05, 0) is 37.0 Å². The van der Waals surface area contributed by atoms with Crippen molar-refractivity contribution in [2.45, 2.75) is 74.3 Å². The average molecular weight is 471 g/mol. The zero-order valence-electron chi connectivity index (χ0n) is 17.8. The van der Waals surface area contributed by atoms with Crippen LogP contribution in [0.3, 0.4) is 0 Å². The van der Waals surface area contributed by atoms with E-state index in [4.69, 9.17) is 4.98 Å². The van der Waals surface area contributed by atoms with Gasteiger partial charge in [0.15, 0.2) is 0 Å². The number of thioether (sulfide) groups is 1. The van der Waals surface area contributed by atoms with Gasteiger partial charge >= 0.3 is 0 Å². The van der Waals surface area contributed by atoms with E-state index in [-0.39, 0.29) is 24.1 Å². The highest BCUT2D eigenvalue weighted by Gasteiger charge is 2.39. The molecule has 1 saturated carbocycles. The van der Waals surface area contributed by atoms with Gasteiger partial charge in [0.2, 0.25) is 11.8 Å². The molecule has 2 aromatic rings. The quantitative estimate of drug-likeness (QED) is 0.477. The van der Waals surface area contributed by atoms with Crippen LogP contribution >= 0.6 is 23.1 Å². The van der Waals surface area contributed by atoms with Gasteiger partial charge in [0.1, 0.15) is 11.0 Å². The molecule has 1 aromatic heterocycles. The summed E-state index contributed by atoms with van der Waals surface area (Å²) in [6, 6.07) is 5.79. The van der Waals surface area contributed by atoms with Crippen molar-refractivity contribution < 1.29 is 14.4 Å². The molecule has 1 saturated heterocycles. The Morgan fingerprint density at radius 2 is 2.03 bits per heavy atom. The van der Waals surface area contributed by atoms with E-state index in [2.05, 4.69) is 16.0 Å². The molecule has 1 unspecified atom stereocenters. The maximum absolute atomic E-state index is 13.0. The van der Waals surface area contributed by atoms with Gasteiger partial charge in [0.05, 0.1) is 5.69 Å². The molecule has 2 aliphatic heterocycles. The first kappa shape index (κ1) is 21.6. The van der Waals surface area contributed by atoms with E-state index >= 15 is 0 Å². The van der Waals surface area contributed by atoms with Gasteiger partial charge in [-0.25, -0.2) is 4.98 Å². The molecule has 2 N–H and O–H groups in total. The fourth-order valence-electron chi connectivity index (χ4n) is 4.70. The molecule has 168 valence electrons. The van der Waals surface area contributed by atoms with E-state index in [1.807, 2.05) is 18.2 Å². The molecule has 1 aliphatic carbocycles. The largest absolute Gasteiger partial charge is 0.322 e. The molecule has 1 atom stereocenters. The second-order valence-corrected chi connectivity index (χ2v) is 10.5. The number of carbonyl (C=O) groups is 3. The van der Waals surface area contributed by atoms with Gasteiger partial charge in [-0.1, -0.05) is 18.9 Å². The van der Waals surface area contributed by atoms with Gasteiger partial charge in [-0.2, -0.15) is 0 Å². The third-order valence-electron chi connectivity index (χ3n) is 6.41. The average Bonchev–Trinajstić information content (AvgIpc) is 3.52. The summed E-state index contributed by atoms with van der Waals surface area (Å²) < 4.78 is 0. The lowest BCUT2D eigenvalue weighted by atomic mass is 10.0. The number of benzene rings is 1. The van der Waals surface area contributed by atoms with Crippen LogP contribution in [0.15, 0.2) is 28.5 Å². The molecule has 32 heavy (non-hydrogen) atoms. The van der Waals surface area contributed by atoms with Crippen LogP contribution in [-0.2, 0) is 28.4 Å². The van der Waals surface area contributed by atoms with Gasteiger partial charge in [-0.3, -0.25) is 19.7 Å². The number of amides is 3. The molecule has 3 heterocycles. The fourth-order valence-corrected chi connectivity index (χ4v) is 6.53.